The molecule has 0 spiro atoms. The molecular weight excluding hydrogens is 264 g/mol. The molecule has 0 radical (unpaired) electrons. The van der Waals surface area contributed by atoms with Crippen LogP contribution in [0, 0.1) is 12.8 Å². The minimum absolute atomic E-state index is 0.0570. The number of hydrogen-bond donors (Lipinski definition) is 2. The van der Waals surface area contributed by atoms with Crippen LogP contribution in [-0.4, -0.2) is 24.4 Å². The van der Waals surface area contributed by atoms with Gasteiger partial charge in [-0.25, -0.2) is 4.79 Å². The molecule has 0 aliphatic heterocycles. The fourth-order valence-corrected chi connectivity index (χ4v) is 1.57. The van der Waals surface area contributed by atoms with Gasteiger partial charge in [0.15, 0.2) is 0 Å². The molecule has 2 amide bonds. The molecule has 0 aliphatic rings. The van der Waals surface area contributed by atoms with E-state index >= 15 is 0 Å². The van der Waals surface area contributed by atoms with Crippen molar-refractivity contribution in [1.82, 2.24) is 0 Å². The fraction of sp³-hybridized carbons (Fsp3) is 0.462. The maximum atomic E-state index is 11.8. The molecule has 1 rings (SSSR count). The van der Waals surface area contributed by atoms with Gasteiger partial charge in [0.25, 0.3) is 5.91 Å². The number of anilines is 1. The Balaban J connectivity index is 3.27. The number of aryl methyl sites for hydroxylation is 1. The number of esters is 1. The fourth-order valence-electron chi connectivity index (χ4n) is 1.57. The second kappa shape index (κ2) is 6.23. The van der Waals surface area contributed by atoms with Crippen LogP contribution in [-0.2, 0) is 9.53 Å². The molecule has 1 aromatic heterocycles. The van der Waals surface area contributed by atoms with Gasteiger partial charge in [0.1, 0.15) is 16.9 Å². The second-order valence-electron chi connectivity index (χ2n) is 4.47. The lowest BCUT2D eigenvalue weighted by Crippen LogP contribution is -2.22. The smallest absolute Gasteiger partial charge is 0.342 e. The molecule has 0 unspecified atom stereocenters. The van der Waals surface area contributed by atoms with E-state index in [-0.39, 0.29) is 41.2 Å². The van der Waals surface area contributed by atoms with E-state index in [2.05, 4.69) is 5.32 Å². The minimum Gasteiger partial charge on any atom is -0.462 e. The Morgan fingerprint density at radius 3 is 2.35 bits per heavy atom. The molecular formula is C13H18N2O5. The van der Waals surface area contributed by atoms with Gasteiger partial charge in [-0.2, -0.15) is 0 Å². The summed E-state index contributed by atoms with van der Waals surface area (Å²) in [6.45, 7) is 6.64. The van der Waals surface area contributed by atoms with Crippen molar-refractivity contribution in [2.45, 2.75) is 27.7 Å². The molecule has 20 heavy (non-hydrogen) atoms. The molecule has 1 heterocycles. The van der Waals surface area contributed by atoms with E-state index in [0.717, 1.165) is 0 Å². The van der Waals surface area contributed by atoms with E-state index < -0.39 is 11.9 Å². The Bertz CT molecular complexity index is 545. The first-order valence-corrected chi connectivity index (χ1v) is 6.20. The predicted molar refractivity (Wildman–Crippen MR) is 71.4 cm³/mol. The van der Waals surface area contributed by atoms with Crippen LogP contribution in [0.25, 0.3) is 0 Å². The monoisotopic (exact) mass is 282 g/mol. The van der Waals surface area contributed by atoms with E-state index in [1.165, 1.54) is 6.92 Å². The summed E-state index contributed by atoms with van der Waals surface area (Å²) < 4.78 is 10.1. The topological polar surface area (TPSA) is 112 Å². The van der Waals surface area contributed by atoms with Gasteiger partial charge in [0, 0.05) is 5.92 Å². The third-order valence-corrected chi connectivity index (χ3v) is 2.57. The van der Waals surface area contributed by atoms with Gasteiger partial charge < -0.3 is 14.9 Å². The van der Waals surface area contributed by atoms with Crippen molar-refractivity contribution in [3.63, 3.8) is 0 Å². The van der Waals surface area contributed by atoms with E-state index in [4.69, 9.17) is 14.9 Å². The number of nitrogens with one attached hydrogen (secondary N) is 1. The van der Waals surface area contributed by atoms with Gasteiger partial charge in [-0.3, -0.25) is 14.9 Å². The number of rotatable bonds is 5. The van der Waals surface area contributed by atoms with Crippen LogP contribution in [0.5, 0.6) is 0 Å². The van der Waals surface area contributed by atoms with Crippen molar-refractivity contribution in [2.24, 2.45) is 11.7 Å². The molecule has 3 N–H and O–H groups in total. The van der Waals surface area contributed by atoms with Gasteiger partial charge in [0.05, 0.1) is 6.61 Å². The van der Waals surface area contributed by atoms with Crippen LogP contribution in [0.3, 0.4) is 0 Å². The molecule has 7 nitrogen and oxygen atoms in total. The average Bonchev–Trinajstić information content (AvgIpc) is 2.65. The predicted octanol–water partition coefficient (Wildman–Crippen LogP) is 1.46. The number of hydrogen-bond acceptors (Lipinski definition) is 5. The highest BCUT2D eigenvalue weighted by atomic mass is 16.5. The van der Waals surface area contributed by atoms with E-state index in [1.54, 1.807) is 20.8 Å². The molecule has 7 heteroatoms. The van der Waals surface area contributed by atoms with Crippen LogP contribution in [0.2, 0.25) is 0 Å². The molecule has 0 aromatic carbocycles. The lowest BCUT2D eigenvalue weighted by atomic mass is 10.1. The number of nitrogens with two attached hydrogens (primary N) is 1. The first kappa shape index (κ1) is 15.7. The Kier molecular flexibility index (Phi) is 4.90. The Hall–Kier alpha value is -2.31. The lowest BCUT2D eigenvalue weighted by Gasteiger charge is -2.06. The van der Waals surface area contributed by atoms with Crippen LogP contribution in [0.15, 0.2) is 4.42 Å². The molecule has 0 fully saturated rings. The zero-order valence-corrected chi connectivity index (χ0v) is 11.9. The summed E-state index contributed by atoms with van der Waals surface area (Å²) in [6, 6.07) is 0. The number of furan rings is 1. The Morgan fingerprint density at radius 2 is 1.90 bits per heavy atom. The van der Waals surface area contributed by atoms with Crippen molar-refractivity contribution < 1.29 is 23.5 Å². The van der Waals surface area contributed by atoms with Gasteiger partial charge in [-0.15, -0.1) is 0 Å². The molecule has 0 atom stereocenters. The molecule has 1 aromatic rings. The van der Waals surface area contributed by atoms with Crippen LogP contribution >= 0.6 is 0 Å². The minimum atomic E-state index is -0.871. The molecule has 110 valence electrons. The maximum absolute atomic E-state index is 11.8. The summed E-state index contributed by atoms with van der Waals surface area (Å²) >= 11 is 0. The molecule has 0 saturated heterocycles. The van der Waals surface area contributed by atoms with E-state index in [0.29, 0.717) is 0 Å². The number of ether oxygens (including phenoxy) is 1. The summed E-state index contributed by atoms with van der Waals surface area (Å²) in [6.07, 6.45) is 0. The second-order valence-corrected chi connectivity index (χ2v) is 4.47. The standard InChI is InChI=1S/C13H18N2O5/c1-5-19-13(18)8-7(4)20-12(9(8)10(14)16)15-11(17)6(2)3/h6H,5H2,1-4H3,(H2,14,16)(H,15,17). The zero-order valence-electron chi connectivity index (χ0n) is 11.9. The quantitative estimate of drug-likeness (QED) is 0.794. The number of carbonyl (C=O) groups is 3. The van der Waals surface area contributed by atoms with Crippen molar-refractivity contribution in [3.8, 4) is 0 Å². The number of amides is 2. The molecule has 0 bridgehead atoms. The first-order chi connectivity index (χ1) is 9.29. The van der Waals surface area contributed by atoms with E-state index in [9.17, 15) is 14.4 Å². The summed E-state index contributed by atoms with van der Waals surface area (Å²) in [4.78, 5) is 35.0. The van der Waals surface area contributed by atoms with Crippen molar-refractivity contribution in [2.75, 3.05) is 11.9 Å². The molecule has 0 aliphatic carbocycles. The average molecular weight is 282 g/mol. The molecule has 0 saturated carbocycles. The van der Waals surface area contributed by atoms with Gasteiger partial charge >= 0.3 is 5.97 Å². The third-order valence-electron chi connectivity index (χ3n) is 2.57. The Labute approximate surface area is 116 Å². The zero-order chi connectivity index (χ0) is 15.4. The van der Waals surface area contributed by atoms with Crippen molar-refractivity contribution >= 4 is 23.7 Å². The summed E-state index contributed by atoms with van der Waals surface area (Å²) in [5, 5.41) is 2.44. The van der Waals surface area contributed by atoms with Crippen LogP contribution in [0.1, 0.15) is 47.2 Å². The first-order valence-electron chi connectivity index (χ1n) is 6.20. The Morgan fingerprint density at radius 1 is 1.30 bits per heavy atom. The largest absolute Gasteiger partial charge is 0.462 e. The summed E-state index contributed by atoms with van der Waals surface area (Å²) in [5.74, 6) is -2.21. The van der Waals surface area contributed by atoms with E-state index in [1.807, 2.05) is 0 Å². The van der Waals surface area contributed by atoms with Gasteiger partial charge in [0.2, 0.25) is 11.8 Å². The third kappa shape index (κ3) is 3.17. The maximum Gasteiger partial charge on any atom is 0.342 e. The SMILES string of the molecule is CCOC(=O)c1c(C)oc(NC(=O)C(C)C)c1C(N)=O. The lowest BCUT2D eigenvalue weighted by molar-refractivity contribution is -0.119. The number of primary amides is 1. The van der Waals surface area contributed by atoms with Gasteiger partial charge in [-0.1, -0.05) is 13.8 Å². The summed E-state index contributed by atoms with van der Waals surface area (Å²) in [5.41, 5.74) is 5.03. The highest BCUT2D eigenvalue weighted by Crippen LogP contribution is 2.27. The van der Waals surface area contributed by atoms with Crippen LogP contribution < -0.4 is 11.1 Å². The van der Waals surface area contributed by atoms with Crippen molar-refractivity contribution in [1.29, 1.82) is 0 Å². The highest BCUT2D eigenvalue weighted by molar-refractivity contribution is 6.10. The highest BCUT2D eigenvalue weighted by Gasteiger charge is 2.29. The number of carbonyl (C=O) groups excluding carboxylic acids is 3. The summed E-state index contributed by atoms with van der Waals surface area (Å²) in [7, 11) is 0. The van der Waals surface area contributed by atoms with Crippen molar-refractivity contribution in [3.05, 3.63) is 16.9 Å². The van der Waals surface area contributed by atoms with Crippen LogP contribution in [0.4, 0.5) is 5.88 Å². The normalized spacial score (nSPS) is 10.4. The van der Waals surface area contributed by atoms with Gasteiger partial charge in [-0.05, 0) is 13.8 Å².